The van der Waals surface area contributed by atoms with Crippen LogP contribution in [-0.4, -0.2) is 34.6 Å². The number of allylic oxidation sites excluding steroid dienone is 1. The van der Waals surface area contributed by atoms with Crippen LogP contribution in [0.2, 0.25) is 0 Å². The van der Waals surface area contributed by atoms with Crippen LogP contribution in [-0.2, 0) is 26.0 Å². The predicted octanol–water partition coefficient (Wildman–Crippen LogP) is 3.05. The van der Waals surface area contributed by atoms with Crippen molar-refractivity contribution < 1.29 is 22.7 Å². The number of sulfonamides is 1. The number of rotatable bonds is 9. The largest absolute Gasteiger partial charge is 0.495 e. The molecule has 1 N–H and O–H groups in total. The van der Waals surface area contributed by atoms with Crippen LogP contribution in [0.4, 0.5) is 0 Å². The van der Waals surface area contributed by atoms with E-state index in [1.165, 1.54) is 31.4 Å². The first kappa shape index (κ1) is 23.1. The highest BCUT2D eigenvalue weighted by Gasteiger charge is 2.19. The predicted molar refractivity (Wildman–Crippen MR) is 113 cm³/mol. The zero-order valence-electron chi connectivity index (χ0n) is 17.1. The molecular weight excluding hydrogens is 404 g/mol. The zero-order chi connectivity index (χ0) is 22.1. The number of carbonyl (C=O) groups excluding carboxylic acids is 1. The Bertz CT molecular complexity index is 1070. The van der Waals surface area contributed by atoms with E-state index >= 15 is 0 Å². The fraction of sp³-hybridized carbons (Fsp3) is 0.273. The highest BCUT2D eigenvalue weighted by Crippen LogP contribution is 2.24. The van der Waals surface area contributed by atoms with Crippen LogP contribution in [0.15, 0.2) is 53.4 Å². The van der Waals surface area contributed by atoms with Gasteiger partial charge in [0.2, 0.25) is 10.0 Å². The molecule has 0 saturated heterocycles. The van der Waals surface area contributed by atoms with Gasteiger partial charge < -0.3 is 9.47 Å². The second-order valence-electron chi connectivity index (χ2n) is 6.40. The molecule has 0 radical (unpaired) electrons. The van der Waals surface area contributed by atoms with E-state index in [0.717, 1.165) is 16.7 Å². The minimum atomic E-state index is -3.83. The third-order valence-electron chi connectivity index (χ3n) is 4.32. The lowest BCUT2D eigenvalue weighted by molar-refractivity contribution is -0.137. The summed E-state index contributed by atoms with van der Waals surface area (Å²) in [5.41, 5.74) is 2.83. The van der Waals surface area contributed by atoms with E-state index in [4.69, 9.17) is 14.7 Å². The van der Waals surface area contributed by atoms with Gasteiger partial charge in [-0.25, -0.2) is 17.9 Å². The molecule has 0 fully saturated rings. The molecule has 0 saturated carbocycles. The lowest BCUT2D eigenvalue weighted by atomic mass is 10.0. The quantitative estimate of drug-likeness (QED) is 0.486. The smallest absolute Gasteiger partial charge is 0.331 e. The first-order valence-corrected chi connectivity index (χ1v) is 10.8. The van der Waals surface area contributed by atoms with E-state index < -0.39 is 10.0 Å². The Labute approximate surface area is 177 Å². The normalized spacial score (nSPS) is 11.6. The molecule has 0 amide bonds. The molecule has 0 aliphatic heterocycles. The van der Waals surface area contributed by atoms with Gasteiger partial charge in [0.15, 0.2) is 0 Å². The first-order chi connectivity index (χ1) is 14.3. The number of esters is 1. The molecule has 158 valence electrons. The van der Waals surface area contributed by atoms with Crippen molar-refractivity contribution in [3.05, 3.63) is 65.2 Å². The molecule has 30 heavy (non-hydrogen) atoms. The highest BCUT2D eigenvalue weighted by molar-refractivity contribution is 7.89. The van der Waals surface area contributed by atoms with Gasteiger partial charge in [-0.3, -0.25) is 0 Å². The summed E-state index contributed by atoms with van der Waals surface area (Å²) in [5.74, 6) is -0.209. The number of benzene rings is 2. The van der Waals surface area contributed by atoms with Crippen molar-refractivity contribution in [2.24, 2.45) is 0 Å². The van der Waals surface area contributed by atoms with Crippen LogP contribution in [0.3, 0.4) is 0 Å². The van der Waals surface area contributed by atoms with E-state index in [2.05, 4.69) is 4.72 Å². The van der Waals surface area contributed by atoms with E-state index in [1.807, 2.05) is 37.3 Å². The van der Waals surface area contributed by atoms with E-state index in [1.54, 1.807) is 6.92 Å². The molecule has 0 aliphatic carbocycles. The Kier molecular flexibility index (Phi) is 8.16. The number of carbonyl (C=O) groups is 1. The number of nitrogens with one attached hydrogen (secondary N) is 1. The Morgan fingerprint density at radius 1 is 1.20 bits per heavy atom. The van der Waals surface area contributed by atoms with Crippen LogP contribution in [0.25, 0.3) is 5.57 Å². The van der Waals surface area contributed by atoms with Crippen molar-refractivity contribution in [3.63, 3.8) is 0 Å². The molecule has 0 bridgehead atoms. The SMILES string of the molecule is CCOC(=O)/C=C(/C)c1ccc(CCNS(=O)(=O)c2cc(C#N)ccc2OC)cc1. The monoisotopic (exact) mass is 428 g/mol. The average Bonchev–Trinajstić information content (AvgIpc) is 2.73. The van der Waals surface area contributed by atoms with Crippen molar-refractivity contribution in [1.29, 1.82) is 5.26 Å². The Morgan fingerprint density at radius 3 is 2.50 bits per heavy atom. The van der Waals surface area contributed by atoms with Crippen LogP contribution >= 0.6 is 0 Å². The summed E-state index contributed by atoms with van der Waals surface area (Å²) < 4.78 is 37.8. The summed E-state index contributed by atoms with van der Waals surface area (Å²) in [4.78, 5) is 11.5. The fourth-order valence-electron chi connectivity index (χ4n) is 2.74. The van der Waals surface area contributed by atoms with Crippen LogP contribution < -0.4 is 9.46 Å². The summed E-state index contributed by atoms with van der Waals surface area (Å²) in [5, 5.41) is 9.02. The molecule has 0 aliphatic rings. The van der Waals surface area contributed by atoms with Gasteiger partial charge in [-0.05, 0) is 55.2 Å². The van der Waals surface area contributed by atoms with Gasteiger partial charge in [0.25, 0.3) is 0 Å². The fourth-order valence-corrected chi connectivity index (χ4v) is 3.97. The number of hydrogen-bond acceptors (Lipinski definition) is 6. The van der Waals surface area contributed by atoms with Gasteiger partial charge in [0.1, 0.15) is 10.6 Å². The standard InChI is InChI=1S/C22H24N2O5S/c1-4-29-22(25)13-16(2)19-8-5-17(6-9-19)11-12-24-30(26,27)21-14-18(15-23)7-10-20(21)28-3/h5-10,13-14,24H,4,11-12H2,1-3H3/b16-13-. The van der Waals surface area contributed by atoms with Crippen molar-refractivity contribution in [2.45, 2.75) is 25.2 Å². The summed E-state index contributed by atoms with van der Waals surface area (Å²) in [6.45, 7) is 4.08. The lowest BCUT2D eigenvalue weighted by Gasteiger charge is -2.11. The highest BCUT2D eigenvalue weighted by atomic mass is 32.2. The number of nitriles is 1. The molecule has 0 spiro atoms. The Hall–Kier alpha value is -3.15. The summed E-state index contributed by atoms with van der Waals surface area (Å²) >= 11 is 0. The van der Waals surface area contributed by atoms with Crippen LogP contribution in [0, 0.1) is 11.3 Å². The second kappa shape index (κ2) is 10.6. The third kappa shape index (κ3) is 6.17. The van der Waals surface area contributed by atoms with E-state index in [0.29, 0.717) is 13.0 Å². The molecule has 2 rings (SSSR count). The summed E-state index contributed by atoms with van der Waals surface area (Å²) in [7, 11) is -2.46. The van der Waals surface area contributed by atoms with Gasteiger partial charge >= 0.3 is 5.97 Å². The molecule has 7 nitrogen and oxygen atoms in total. The Morgan fingerprint density at radius 2 is 1.90 bits per heavy atom. The van der Waals surface area contributed by atoms with Gasteiger partial charge in [-0.1, -0.05) is 24.3 Å². The number of hydrogen-bond donors (Lipinski definition) is 1. The van der Waals surface area contributed by atoms with E-state index in [9.17, 15) is 13.2 Å². The maximum atomic E-state index is 12.6. The molecule has 8 heteroatoms. The van der Waals surface area contributed by atoms with Gasteiger partial charge in [0, 0.05) is 12.6 Å². The van der Waals surface area contributed by atoms with Gasteiger partial charge in [0.05, 0.1) is 25.3 Å². The number of ether oxygens (including phenoxy) is 2. The lowest BCUT2D eigenvalue weighted by Crippen LogP contribution is -2.26. The van der Waals surface area contributed by atoms with Crippen LogP contribution in [0.1, 0.15) is 30.5 Å². The van der Waals surface area contributed by atoms with Gasteiger partial charge in [-0.15, -0.1) is 0 Å². The maximum absolute atomic E-state index is 12.6. The number of methoxy groups -OCH3 is 1. The van der Waals surface area contributed by atoms with Crippen molar-refractivity contribution in [2.75, 3.05) is 20.3 Å². The first-order valence-electron chi connectivity index (χ1n) is 9.33. The molecule has 0 aromatic heterocycles. The van der Waals surface area contributed by atoms with Crippen molar-refractivity contribution in [1.82, 2.24) is 4.72 Å². The molecule has 0 unspecified atom stereocenters. The van der Waals surface area contributed by atoms with Gasteiger partial charge in [-0.2, -0.15) is 5.26 Å². The maximum Gasteiger partial charge on any atom is 0.331 e. The minimum absolute atomic E-state index is 0.0703. The van der Waals surface area contributed by atoms with Crippen molar-refractivity contribution >= 4 is 21.6 Å². The third-order valence-corrected chi connectivity index (χ3v) is 5.80. The molecule has 2 aromatic rings. The number of nitrogens with zero attached hydrogens (tertiary/aromatic N) is 1. The summed E-state index contributed by atoms with van der Waals surface area (Å²) in [6.07, 6.45) is 1.91. The van der Waals surface area contributed by atoms with Crippen LogP contribution in [0.5, 0.6) is 5.75 Å². The Balaban J connectivity index is 2.03. The zero-order valence-corrected chi connectivity index (χ0v) is 18.0. The van der Waals surface area contributed by atoms with Crippen molar-refractivity contribution in [3.8, 4) is 11.8 Å². The topological polar surface area (TPSA) is 105 Å². The second-order valence-corrected chi connectivity index (χ2v) is 8.14. The minimum Gasteiger partial charge on any atom is -0.495 e. The molecule has 2 aromatic carbocycles. The average molecular weight is 429 g/mol. The molecular formula is C22H24N2O5S. The summed E-state index contributed by atoms with van der Waals surface area (Å²) in [6, 6.07) is 13.7. The molecule has 0 atom stereocenters. The molecule has 0 heterocycles. The van der Waals surface area contributed by atoms with E-state index in [-0.39, 0.29) is 28.7 Å².